The van der Waals surface area contributed by atoms with Crippen LogP contribution in [0.5, 0.6) is 0 Å². The number of hydrogen-bond acceptors (Lipinski definition) is 4. The van der Waals surface area contributed by atoms with Crippen molar-refractivity contribution in [2.24, 2.45) is 0 Å². The molecule has 7 nitrogen and oxygen atoms in total. The fourth-order valence-corrected chi connectivity index (χ4v) is 2.37. The van der Waals surface area contributed by atoms with Gasteiger partial charge in [-0.2, -0.15) is 5.10 Å². The van der Waals surface area contributed by atoms with Crippen molar-refractivity contribution >= 4 is 11.8 Å². The van der Waals surface area contributed by atoms with Crippen molar-refractivity contribution in [3.63, 3.8) is 0 Å². The number of H-pyrrole nitrogens is 1. The lowest BCUT2D eigenvalue weighted by Gasteiger charge is -2.33. The van der Waals surface area contributed by atoms with Gasteiger partial charge in [0.2, 0.25) is 11.8 Å². The van der Waals surface area contributed by atoms with Crippen molar-refractivity contribution in [2.75, 3.05) is 26.2 Å². The Morgan fingerprint density at radius 1 is 1.60 bits per heavy atom. The molecule has 7 heteroatoms. The standard InChI is InChI=1S/C13H21N5O2/c1-2-18-8-7-15-13(20)11(18)9-12(19)14-5-3-10-4-6-16-17-10/h4,6,11H,2-3,5,7-9H2,1H3,(H,14,19)(H,15,20)(H,16,17)/t11-/m1/s1. The topological polar surface area (TPSA) is 90.1 Å². The van der Waals surface area contributed by atoms with Crippen molar-refractivity contribution in [3.05, 3.63) is 18.0 Å². The normalized spacial score (nSPS) is 19.6. The number of hydrogen-bond donors (Lipinski definition) is 3. The predicted molar refractivity (Wildman–Crippen MR) is 74.0 cm³/mol. The maximum absolute atomic E-state index is 11.9. The first-order chi connectivity index (χ1) is 9.70. The van der Waals surface area contributed by atoms with Gasteiger partial charge in [0.05, 0.1) is 12.5 Å². The summed E-state index contributed by atoms with van der Waals surface area (Å²) in [5, 5.41) is 12.3. The van der Waals surface area contributed by atoms with Gasteiger partial charge in [0.15, 0.2) is 0 Å². The molecule has 2 amide bonds. The smallest absolute Gasteiger partial charge is 0.237 e. The van der Waals surface area contributed by atoms with E-state index in [1.165, 1.54) is 0 Å². The van der Waals surface area contributed by atoms with Crippen LogP contribution in [0.1, 0.15) is 19.0 Å². The van der Waals surface area contributed by atoms with E-state index >= 15 is 0 Å². The van der Waals surface area contributed by atoms with Gasteiger partial charge in [-0.1, -0.05) is 6.92 Å². The number of carbonyl (C=O) groups excluding carboxylic acids is 2. The Hall–Kier alpha value is -1.89. The molecule has 110 valence electrons. The highest BCUT2D eigenvalue weighted by Crippen LogP contribution is 2.08. The summed E-state index contributed by atoms with van der Waals surface area (Å²) in [5.41, 5.74) is 0.982. The number of piperazine rings is 1. The number of aromatic amines is 1. The molecule has 1 fully saturated rings. The number of aromatic nitrogens is 2. The van der Waals surface area contributed by atoms with Crippen LogP contribution in [0.3, 0.4) is 0 Å². The largest absolute Gasteiger partial charge is 0.356 e. The van der Waals surface area contributed by atoms with Gasteiger partial charge in [0.25, 0.3) is 0 Å². The summed E-state index contributed by atoms with van der Waals surface area (Å²) in [4.78, 5) is 25.8. The fourth-order valence-electron chi connectivity index (χ4n) is 2.37. The molecule has 1 aromatic rings. The highest BCUT2D eigenvalue weighted by molar-refractivity contribution is 5.88. The van der Waals surface area contributed by atoms with E-state index in [1.54, 1.807) is 6.20 Å². The quantitative estimate of drug-likeness (QED) is 0.641. The van der Waals surface area contributed by atoms with E-state index in [1.807, 2.05) is 17.9 Å². The zero-order valence-corrected chi connectivity index (χ0v) is 11.7. The van der Waals surface area contributed by atoms with Crippen LogP contribution in [-0.4, -0.2) is 59.1 Å². The second kappa shape index (κ2) is 7.04. The summed E-state index contributed by atoms with van der Waals surface area (Å²) in [6, 6.07) is 1.53. The number of rotatable bonds is 6. The van der Waals surface area contributed by atoms with Gasteiger partial charge in [-0.05, 0) is 12.6 Å². The van der Waals surface area contributed by atoms with E-state index in [0.29, 0.717) is 19.5 Å². The lowest BCUT2D eigenvalue weighted by atomic mass is 10.1. The summed E-state index contributed by atoms with van der Waals surface area (Å²) >= 11 is 0. The van der Waals surface area contributed by atoms with E-state index in [2.05, 4.69) is 20.8 Å². The molecule has 0 unspecified atom stereocenters. The number of likely N-dealkylation sites (N-methyl/N-ethyl adjacent to an activating group) is 1. The third-order valence-electron chi connectivity index (χ3n) is 3.50. The second-order valence-electron chi connectivity index (χ2n) is 4.82. The van der Waals surface area contributed by atoms with E-state index in [0.717, 1.165) is 18.8 Å². The first-order valence-corrected chi connectivity index (χ1v) is 6.97. The van der Waals surface area contributed by atoms with Gasteiger partial charge in [-0.15, -0.1) is 0 Å². The Kier molecular flexibility index (Phi) is 5.11. The zero-order chi connectivity index (χ0) is 14.4. The van der Waals surface area contributed by atoms with E-state index in [4.69, 9.17) is 0 Å². The minimum atomic E-state index is -0.346. The molecule has 2 heterocycles. The Labute approximate surface area is 118 Å². The molecule has 1 atom stereocenters. The number of nitrogens with zero attached hydrogens (tertiary/aromatic N) is 2. The monoisotopic (exact) mass is 279 g/mol. The summed E-state index contributed by atoms with van der Waals surface area (Å²) < 4.78 is 0. The maximum atomic E-state index is 11.9. The first kappa shape index (κ1) is 14.5. The van der Waals surface area contributed by atoms with Gasteiger partial charge in [0.1, 0.15) is 0 Å². The highest BCUT2D eigenvalue weighted by atomic mass is 16.2. The van der Waals surface area contributed by atoms with Crippen molar-refractivity contribution in [1.82, 2.24) is 25.7 Å². The summed E-state index contributed by atoms with van der Waals surface area (Å²) in [7, 11) is 0. The predicted octanol–water partition coefficient (Wildman–Crippen LogP) is -0.721. The lowest BCUT2D eigenvalue weighted by Crippen LogP contribution is -2.56. The number of nitrogens with one attached hydrogen (secondary N) is 3. The molecule has 1 aromatic heterocycles. The van der Waals surface area contributed by atoms with Crippen LogP contribution < -0.4 is 10.6 Å². The van der Waals surface area contributed by atoms with Crippen molar-refractivity contribution < 1.29 is 9.59 Å². The Bertz CT molecular complexity index is 446. The van der Waals surface area contributed by atoms with Crippen LogP contribution in [0.25, 0.3) is 0 Å². The fraction of sp³-hybridized carbons (Fsp3) is 0.615. The summed E-state index contributed by atoms with van der Waals surface area (Å²) in [6.07, 6.45) is 2.60. The van der Waals surface area contributed by atoms with Crippen LogP contribution >= 0.6 is 0 Å². The third-order valence-corrected chi connectivity index (χ3v) is 3.50. The molecule has 0 bridgehead atoms. The molecule has 1 aliphatic heterocycles. The molecule has 0 saturated carbocycles. The van der Waals surface area contributed by atoms with Crippen molar-refractivity contribution in [3.8, 4) is 0 Å². The summed E-state index contributed by atoms with van der Waals surface area (Å²) in [6.45, 7) is 4.78. The molecule has 0 spiro atoms. The van der Waals surface area contributed by atoms with Crippen LogP contribution in [0.4, 0.5) is 0 Å². The van der Waals surface area contributed by atoms with E-state index in [9.17, 15) is 9.59 Å². The van der Waals surface area contributed by atoms with Crippen LogP contribution in [0.2, 0.25) is 0 Å². The number of carbonyl (C=O) groups is 2. The molecule has 0 aliphatic carbocycles. The van der Waals surface area contributed by atoms with Gasteiger partial charge in [-0.25, -0.2) is 0 Å². The van der Waals surface area contributed by atoms with Crippen LogP contribution in [-0.2, 0) is 16.0 Å². The molecule has 3 N–H and O–H groups in total. The van der Waals surface area contributed by atoms with Crippen LogP contribution in [0, 0.1) is 0 Å². The Morgan fingerprint density at radius 3 is 3.15 bits per heavy atom. The Morgan fingerprint density at radius 2 is 2.45 bits per heavy atom. The maximum Gasteiger partial charge on any atom is 0.237 e. The van der Waals surface area contributed by atoms with E-state index < -0.39 is 0 Å². The van der Waals surface area contributed by atoms with Crippen LogP contribution in [0.15, 0.2) is 12.3 Å². The zero-order valence-electron chi connectivity index (χ0n) is 11.7. The minimum absolute atomic E-state index is 0.0539. The average molecular weight is 279 g/mol. The van der Waals surface area contributed by atoms with Gasteiger partial charge >= 0.3 is 0 Å². The van der Waals surface area contributed by atoms with Crippen molar-refractivity contribution in [2.45, 2.75) is 25.8 Å². The molecule has 1 saturated heterocycles. The molecule has 1 aliphatic rings. The molecule has 2 rings (SSSR count). The van der Waals surface area contributed by atoms with Gasteiger partial charge in [-0.3, -0.25) is 19.6 Å². The van der Waals surface area contributed by atoms with E-state index in [-0.39, 0.29) is 24.3 Å². The number of amides is 2. The SMILES string of the molecule is CCN1CCNC(=O)[C@H]1CC(=O)NCCc1ccn[nH]1. The first-order valence-electron chi connectivity index (χ1n) is 6.97. The molecule has 0 aromatic carbocycles. The Balaban J connectivity index is 1.76. The molecular formula is C13H21N5O2. The van der Waals surface area contributed by atoms with Crippen molar-refractivity contribution in [1.29, 1.82) is 0 Å². The molecular weight excluding hydrogens is 258 g/mol. The molecule has 20 heavy (non-hydrogen) atoms. The average Bonchev–Trinajstić information content (AvgIpc) is 2.94. The molecule has 0 radical (unpaired) electrons. The second-order valence-corrected chi connectivity index (χ2v) is 4.82. The highest BCUT2D eigenvalue weighted by Gasteiger charge is 2.30. The summed E-state index contributed by atoms with van der Waals surface area (Å²) in [5.74, 6) is -0.146. The lowest BCUT2D eigenvalue weighted by molar-refractivity contribution is -0.133. The minimum Gasteiger partial charge on any atom is -0.356 e. The van der Waals surface area contributed by atoms with Gasteiger partial charge < -0.3 is 10.6 Å². The van der Waals surface area contributed by atoms with Gasteiger partial charge in [0, 0.05) is 37.9 Å². The third kappa shape index (κ3) is 3.80.